The molecule has 0 radical (unpaired) electrons. The van der Waals surface area contributed by atoms with Crippen LogP contribution in [0.4, 0.5) is 0 Å². The number of nitrogens with zero attached hydrogens (tertiary/aromatic N) is 2. The van der Waals surface area contributed by atoms with Crippen molar-refractivity contribution in [1.82, 2.24) is 15.2 Å². The number of thiophene rings is 1. The van der Waals surface area contributed by atoms with E-state index in [2.05, 4.69) is 16.4 Å². The molecule has 2 amide bonds. The van der Waals surface area contributed by atoms with Gasteiger partial charge in [0, 0.05) is 42.5 Å². The van der Waals surface area contributed by atoms with Crippen molar-refractivity contribution < 1.29 is 9.59 Å². The van der Waals surface area contributed by atoms with E-state index in [1.807, 2.05) is 16.3 Å². The van der Waals surface area contributed by atoms with E-state index in [9.17, 15) is 9.59 Å². The topological polar surface area (TPSA) is 62.3 Å². The van der Waals surface area contributed by atoms with Crippen LogP contribution in [0.5, 0.6) is 0 Å². The van der Waals surface area contributed by atoms with Crippen LogP contribution in [0.2, 0.25) is 0 Å². The van der Waals surface area contributed by atoms with E-state index in [1.54, 1.807) is 35.9 Å². The molecule has 0 aromatic carbocycles. The van der Waals surface area contributed by atoms with Gasteiger partial charge in [-0.2, -0.15) is 0 Å². The molecule has 2 aromatic heterocycles. The van der Waals surface area contributed by atoms with E-state index < -0.39 is 0 Å². The highest BCUT2D eigenvalue weighted by Gasteiger charge is 2.52. The van der Waals surface area contributed by atoms with Gasteiger partial charge in [-0.3, -0.25) is 14.6 Å². The second kappa shape index (κ2) is 7.19. The first kappa shape index (κ1) is 17.2. The number of carbonyl (C=O) groups is 2. The lowest BCUT2D eigenvalue weighted by Gasteiger charge is -2.32. The Morgan fingerprint density at radius 3 is 2.54 bits per heavy atom. The third kappa shape index (κ3) is 3.38. The zero-order valence-corrected chi connectivity index (χ0v) is 15.5. The van der Waals surface area contributed by atoms with Crippen molar-refractivity contribution in [3.63, 3.8) is 0 Å². The van der Waals surface area contributed by atoms with Gasteiger partial charge in [0.05, 0.1) is 5.41 Å². The van der Waals surface area contributed by atoms with Crippen LogP contribution in [-0.4, -0.2) is 41.3 Å². The molecule has 0 atom stereocenters. The smallest absolute Gasteiger partial charge is 0.253 e. The minimum Gasteiger partial charge on any atom is -0.355 e. The summed E-state index contributed by atoms with van der Waals surface area (Å²) in [6, 6.07) is 7.60. The molecule has 1 saturated heterocycles. The highest BCUT2D eigenvalue weighted by Crippen LogP contribution is 2.50. The molecule has 136 valence electrons. The lowest BCUT2D eigenvalue weighted by Crippen LogP contribution is -2.43. The predicted octanol–water partition coefficient (Wildman–Crippen LogP) is 2.84. The van der Waals surface area contributed by atoms with Gasteiger partial charge >= 0.3 is 0 Å². The van der Waals surface area contributed by atoms with Gasteiger partial charge in [-0.1, -0.05) is 6.07 Å². The summed E-state index contributed by atoms with van der Waals surface area (Å²) >= 11 is 1.67. The second-order valence-corrected chi connectivity index (χ2v) is 8.19. The molecule has 0 bridgehead atoms. The van der Waals surface area contributed by atoms with E-state index in [0.717, 1.165) is 38.8 Å². The van der Waals surface area contributed by atoms with Crippen LogP contribution in [0, 0.1) is 5.92 Å². The van der Waals surface area contributed by atoms with Gasteiger partial charge in [0.2, 0.25) is 5.91 Å². The minimum absolute atomic E-state index is 0.0736. The fourth-order valence-corrected chi connectivity index (χ4v) is 4.67. The standard InChI is InChI=1S/C20H23N3O2S/c24-18(16-3-9-21-10-4-16)23-11-5-15(6-12-23)14-22-19(25)20(7-8-20)17-2-1-13-26-17/h1-4,9-10,13,15H,5-8,11-12,14H2,(H,22,25). The van der Waals surface area contributed by atoms with Crippen LogP contribution < -0.4 is 5.32 Å². The Balaban J connectivity index is 1.26. The maximum absolute atomic E-state index is 12.7. The van der Waals surface area contributed by atoms with Crippen molar-refractivity contribution in [3.05, 3.63) is 52.5 Å². The summed E-state index contributed by atoms with van der Waals surface area (Å²) < 4.78 is 0. The average Bonchev–Trinajstić information content (AvgIpc) is 3.32. The number of piperidine rings is 1. The first-order valence-electron chi connectivity index (χ1n) is 9.21. The molecule has 6 heteroatoms. The van der Waals surface area contributed by atoms with Crippen LogP contribution in [0.1, 0.15) is 40.9 Å². The van der Waals surface area contributed by atoms with Crippen molar-refractivity contribution in [2.24, 2.45) is 5.92 Å². The number of nitrogens with one attached hydrogen (secondary N) is 1. The molecule has 5 nitrogen and oxygen atoms in total. The van der Waals surface area contributed by atoms with Gasteiger partial charge in [0.15, 0.2) is 0 Å². The highest BCUT2D eigenvalue weighted by molar-refractivity contribution is 7.10. The van der Waals surface area contributed by atoms with Crippen LogP contribution >= 0.6 is 11.3 Å². The number of hydrogen-bond acceptors (Lipinski definition) is 4. The quantitative estimate of drug-likeness (QED) is 0.881. The highest BCUT2D eigenvalue weighted by atomic mass is 32.1. The molecule has 1 aliphatic heterocycles. The summed E-state index contributed by atoms with van der Waals surface area (Å²) in [6.45, 7) is 2.21. The number of amides is 2. The van der Waals surface area contributed by atoms with E-state index in [-0.39, 0.29) is 17.2 Å². The summed E-state index contributed by atoms with van der Waals surface area (Å²) in [4.78, 5) is 32.2. The zero-order valence-electron chi connectivity index (χ0n) is 14.7. The summed E-state index contributed by atoms with van der Waals surface area (Å²) in [6.07, 6.45) is 7.08. The Kier molecular flexibility index (Phi) is 4.76. The molecule has 2 fully saturated rings. The van der Waals surface area contributed by atoms with Gasteiger partial charge in [0.25, 0.3) is 5.91 Å². The number of likely N-dealkylation sites (tertiary alicyclic amines) is 1. The first-order valence-corrected chi connectivity index (χ1v) is 10.1. The summed E-state index contributed by atoms with van der Waals surface area (Å²) in [5.41, 5.74) is 0.435. The van der Waals surface area contributed by atoms with E-state index in [4.69, 9.17) is 0 Å². The van der Waals surface area contributed by atoms with Crippen molar-refractivity contribution in [2.75, 3.05) is 19.6 Å². The minimum atomic E-state index is -0.258. The van der Waals surface area contributed by atoms with Crippen molar-refractivity contribution in [3.8, 4) is 0 Å². The molecule has 26 heavy (non-hydrogen) atoms. The number of carbonyl (C=O) groups excluding carboxylic acids is 2. The van der Waals surface area contributed by atoms with Crippen LogP contribution in [0.25, 0.3) is 0 Å². The van der Waals surface area contributed by atoms with Crippen LogP contribution in [0.15, 0.2) is 42.0 Å². The fraction of sp³-hybridized carbons (Fsp3) is 0.450. The Bertz CT molecular complexity index is 764. The van der Waals surface area contributed by atoms with Crippen LogP contribution in [0.3, 0.4) is 0 Å². The number of pyridine rings is 1. The maximum atomic E-state index is 12.7. The lowest BCUT2D eigenvalue weighted by molar-refractivity contribution is -0.123. The number of rotatable bonds is 5. The van der Waals surface area contributed by atoms with E-state index >= 15 is 0 Å². The predicted molar refractivity (Wildman–Crippen MR) is 101 cm³/mol. The molecule has 0 spiro atoms. The Hall–Kier alpha value is -2.21. The van der Waals surface area contributed by atoms with Gasteiger partial charge in [-0.05, 0) is 55.2 Å². The van der Waals surface area contributed by atoms with Gasteiger partial charge in [-0.15, -0.1) is 11.3 Å². The van der Waals surface area contributed by atoms with Crippen molar-refractivity contribution in [1.29, 1.82) is 0 Å². The average molecular weight is 369 g/mol. The summed E-state index contributed by atoms with van der Waals surface area (Å²) in [7, 11) is 0. The monoisotopic (exact) mass is 369 g/mol. The lowest BCUT2D eigenvalue weighted by atomic mass is 9.95. The SMILES string of the molecule is O=C(c1ccncc1)N1CCC(CNC(=O)C2(c3cccs3)CC2)CC1. The molecular formula is C20H23N3O2S. The maximum Gasteiger partial charge on any atom is 0.253 e. The van der Waals surface area contributed by atoms with Crippen molar-refractivity contribution >= 4 is 23.2 Å². The molecule has 0 unspecified atom stereocenters. The third-order valence-electron chi connectivity index (χ3n) is 5.56. The van der Waals surface area contributed by atoms with Gasteiger partial charge in [-0.25, -0.2) is 0 Å². The molecule has 2 aromatic rings. The molecular weight excluding hydrogens is 346 g/mol. The first-order chi connectivity index (χ1) is 12.7. The molecule has 4 rings (SSSR count). The zero-order chi connectivity index (χ0) is 18.0. The molecule has 1 N–H and O–H groups in total. The Morgan fingerprint density at radius 2 is 1.92 bits per heavy atom. The van der Waals surface area contributed by atoms with Gasteiger partial charge < -0.3 is 10.2 Å². The normalized spacial score (nSPS) is 19.2. The van der Waals surface area contributed by atoms with E-state index in [0.29, 0.717) is 18.0 Å². The molecule has 3 heterocycles. The second-order valence-electron chi connectivity index (χ2n) is 7.24. The summed E-state index contributed by atoms with van der Waals surface area (Å²) in [5.74, 6) is 0.694. The van der Waals surface area contributed by atoms with Gasteiger partial charge in [0.1, 0.15) is 0 Å². The van der Waals surface area contributed by atoms with E-state index in [1.165, 1.54) is 4.88 Å². The summed E-state index contributed by atoms with van der Waals surface area (Å²) in [5, 5.41) is 5.22. The number of hydrogen-bond donors (Lipinski definition) is 1. The Morgan fingerprint density at radius 1 is 1.19 bits per heavy atom. The van der Waals surface area contributed by atoms with Crippen LogP contribution in [-0.2, 0) is 10.2 Å². The Labute approximate surface area is 157 Å². The molecule has 1 aliphatic carbocycles. The molecule has 1 saturated carbocycles. The molecule has 2 aliphatic rings. The largest absolute Gasteiger partial charge is 0.355 e. The van der Waals surface area contributed by atoms with Crippen molar-refractivity contribution in [2.45, 2.75) is 31.1 Å². The third-order valence-corrected chi connectivity index (χ3v) is 6.63. The number of aromatic nitrogens is 1. The fourth-order valence-electron chi connectivity index (χ4n) is 3.68.